The highest BCUT2D eigenvalue weighted by Crippen LogP contribution is 2.40. The fraction of sp³-hybridized carbons (Fsp3) is 0.118. The summed E-state index contributed by atoms with van der Waals surface area (Å²) in [7, 11) is 1.57. The minimum absolute atomic E-state index is 0.198. The van der Waals surface area contributed by atoms with Crippen LogP contribution < -0.4 is 10.3 Å². The predicted molar refractivity (Wildman–Crippen MR) is 82.5 cm³/mol. The van der Waals surface area contributed by atoms with Crippen molar-refractivity contribution in [2.75, 3.05) is 7.11 Å². The molecule has 108 valence electrons. The first kappa shape index (κ1) is 12.8. The van der Waals surface area contributed by atoms with Crippen LogP contribution in [0.1, 0.15) is 21.6 Å². The Labute approximate surface area is 125 Å². The first-order valence-electron chi connectivity index (χ1n) is 6.86. The van der Waals surface area contributed by atoms with Gasteiger partial charge in [-0.1, -0.05) is 0 Å². The van der Waals surface area contributed by atoms with Gasteiger partial charge in [-0.2, -0.15) is 0 Å². The number of fused-ring (bicyclic) bond motifs is 5. The van der Waals surface area contributed by atoms with Crippen molar-refractivity contribution in [3.8, 4) is 16.9 Å². The highest BCUT2D eigenvalue weighted by atomic mass is 16.5. The number of benzene rings is 1. The zero-order valence-corrected chi connectivity index (χ0v) is 12.1. The Hall–Kier alpha value is -2.95. The van der Waals surface area contributed by atoms with Crippen LogP contribution in [0.15, 0.2) is 35.3 Å². The Bertz CT molecular complexity index is 1020. The van der Waals surface area contributed by atoms with E-state index < -0.39 is 0 Å². The monoisotopic (exact) mass is 292 g/mol. The van der Waals surface area contributed by atoms with Gasteiger partial charge in [0.25, 0.3) is 5.56 Å². The summed E-state index contributed by atoms with van der Waals surface area (Å²) in [4.78, 5) is 32.0. The van der Waals surface area contributed by atoms with Crippen LogP contribution in [0.25, 0.3) is 22.0 Å². The van der Waals surface area contributed by atoms with Crippen LogP contribution in [0.2, 0.25) is 0 Å². The fourth-order valence-electron chi connectivity index (χ4n) is 3.09. The Morgan fingerprint density at radius 2 is 1.91 bits per heavy atom. The third-order valence-electron chi connectivity index (χ3n) is 4.08. The Morgan fingerprint density at radius 1 is 1.09 bits per heavy atom. The maximum atomic E-state index is 12.6. The highest BCUT2D eigenvalue weighted by molar-refractivity contribution is 6.25. The second kappa shape index (κ2) is 4.27. The Kier molecular flexibility index (Phi) is 2.48. The fourth-order valence-corrected chi connectivity index (χ4v) is 3.09. The molecule has 0 unspecified atom stereocenters. The first-order valence-corrected chi connectivity index (χ1v) is 6.86. The molecule has 0 aliphatic heterocycles. The van der Waals surface area contributed by atoms with E-state index in [9.17, 15) is 9.59 Å². The van der Waals surface area contributed by atoms with Crippen molar-refractivity contribution in [3.63, 3.8) is 0 Å². The van der Waals surface area contributed by atoms with Crippen molar-refractivity contribution in [2.24, 2.45) is 0 Å². The maximum Gasteiger partial charge on any atom is 0.260 e. The molecule has 5 nitrogen and oxygen atoms in total. The first-order chi connectivity index (χ1) is 10.6. The molecule has 4 rings (SSSR count). The van der Waals surface area contributed by atoms with Crippen molar-refractivity contribution < 1.29 is 9.53 Å². The second-order valence-electron chi connectivity index (χ2n) is 5.26. The molecule has 1 aromatic carbocycles. The number of methoxy groups -OCH3 is 1. The lowest BCUT2D eigenvalue weighted by molar-refractivity contribution is 0.104. The van der Waals surface area contributed by atoms with Gasteiger partial charge in [0.1, 0.15) is 5.75 Å². The number of carbonyl (C=O) groups excluding carboxylic acids is 1. The van der Waals surface area contributed by atoms with Gasteiger partial charge in [0, 0.05) is 40.0 Å². The SMILES string of the molecule is COc1ccc2c3c(c(=O)[nH]c2c1)C(=O)c1ccnc(C)c1-3. The van der Waals surface area contributed by atoms with Crippen molar-refractivity contribution in [2.45, 2.75) is 6.92 Å². The Balaban J connectivity index is 2.22. The normalized spacial score (nSPS) is 12.4. The summed E-state index contributed by atoms with van der Waals surface area (Å²) >= 11 is 0. The van der Waals surface area contributed by atoms with E-state index in [0.717, 1.165) is 16.6 Å². The summed E-state index contributed by atoms with van der Waals surface area (Å²) in [6, 6.07) is 7.09. The third-order valence-corrected chi connectivity index (χ3v) is 4.08. The van der Waals surface area contributed by atoms with Crippen molar-refractivity contribution in [3.05, 3.63) is 57.6 Å². The predicted octanol–water partition coefficient (Wildman–Crippen LogP) is 2.45. The van der Waals surface area contributed by atoms with E-state index in [-0.39, 0.29) is 16.9 Å². The number of aryl methyl sites for hydroxylation is 1. The molecule has 0 amide bonds. The number of ketones is 1. The molecule has 0 saturated heterocycles. The van der Waals surface area contributed by atoms with Gasteiger partial charge in [0.05, 0.1) is 18.2 Å². The Morgan fingerprint density at radius 3 is 2.68 bits per heavy atom. The lowest BCUT2D eigenvalue weighted by Gasteiger charge is -2.08. The lowest BCUT2D eigenvalue weighted by atomic mass is 10.0. The molecule has 0 fully saturated rings. The number of aromatic amines is 1. The second-order valence-corrected chi connectivity index (χ2v) is 5.26. The molecule has 0 spiro atoms. The van der Waals surface area contributed by atoms with Gasteiger partial charge in [-0.25, -0.2) is 0 Å². The van der Waals surface area contributed by atoms with Crippen LogP contribution >= 0.6 is 0 Å². The summed E-state index contributed by atoms with van der Waals surface area (Å²) < 4.78 is 5.19. The molecule has 3 aromatic rings. The summed E-state index contributed by atoms with van der Waals surface area (Å²) in [5.41, 5.74) is 3.17. The molecule has 22 heavy (non-hydrogen) atoms. The average Bonchev–Trinajstić information content (AvgIpc) is 2.82. The van der Waals surface area contributed by atoms with E-state index in [2.05, 4.69) is 9.97 Å². The van der Waals surface area contributed by atoms with Crippen molar-refractivity contribution >= 4 is 16.7 Å². The number of ether oxygens (including phenoxy) is 1. The largest absolute Gasteiger partial charge is 0.497 e. The van der Waals surface area contributed by atoms with Gasteiger partial charge < -0.3 is 9.72 Å². The standard InChI is InChI=1S/C17H12N2O3/c1-8-13-11(5-6-18-8)16(20)15-14(13)10-4-3-9(22-2)7-12(10)19-17(15)21/h3-7H,1-2H3,(H,19,21). The van der Waals surface area contributed by atoms with Crippen molar-refractivity contribution in [1.29, 1.82) is 0 Å². The van der Waals surface area contributed by atoms with E-state index in [0.29, 0.717) is 22.4 Å². The van der Waals surface area contributed by atoms with Crippen LogP contribution in [0, 0.1) is 6.92 Å². The van der Waals surface area contributed by atoms with Crippen LogP contribution in [0.3, 0.4) is 0 Å². The molecule has 0 saturated carbocycles. The molecule has 0 radical (unpaired) electrons. The number of aromatic nitrogens is 2. The van der Waals surface area contributed by atoms with Gasteiger partial charge in [-0.15, -0.1) is 0 Å². The number of hydrogen-bond donors (Lipinski definition) is 1. The molecule has 1 aliphatic carbocycles. The number of nitrogens with one attached hydrogen (secondary N) is 1. The average molecular weight is 292 g/mol. The zero-order valence-electron chi connectivity index (χ0n) is 12.1. The van der Waals surface area contributed by atoms with E-state index in [1.54, 1.807) is 25.4 Å². The molecular formula is C17H12N2O3. The minimum atomic E-state index is -0.378. The molecule has 5 heteroatoms. The van der Waals surface area contributed by atoms with E-state index in [4.69, 9.17) is 4.74 Å². The van der Waals surface area contributed by atoms with Crippen LogP contribution in [0.4, 0.5) is 0 Å². The number of nitrogens with zero attached hydrogens (tertiary/aromatic N) is 1. The smallest absolute Gasteiger partial charge is 0.260 e. The van der Waals surface area contributed by atoms with Crippen LogP contribution in [-0.2, 0) is 0 Å². The molecular weight excluding hydrogens is 280 g/mol. The molecule has 0 bridgehead atoms. The number of H-pyrrole nitrogens is 1. The van der Waals surface area contributed by atoms with Gasteiger partial charge in [0.15, 0.2) is 5.78 Å². The summed E-state index contributed by atoms with van der Waals surface area (Å²) in [5.74, 6) is 0.407. The number of pyridine rings is 2. The van der Waals surface area contributed by atoms with E-state index >= 15 is 0 Å². The summed E-state index contributed by atoms with van der Waals surface area (Å²) in [5, 5.41) is 0.818. The van der Waals surface area contributed by atoms with Gasteiger partial charge in [-0.05, 0) is 25.1 Å². The van der Waals surface area contributed by atoms with Crippen LogP contribution in [0.5, 0.6) is 5.75 Å². The highest BCUT2D eigenvalue weighted by Gasteiger charge is 2.32. The number of carbonyl (C=O) groups is 1. The molecule has 1 aliphatic rings. The van der Waals surface area contributed by atoms with Crippen molar-refractivity contribution in [1.82, 2.24) is 9.97 Å². The maximum absolute atomic E-state index is 12.6. The summed E-state index contributed by atoms with van der Waals surface area (Å²) in [6.07, 6.45) is 1.59. The van der Waals surface area contributed by atoms with Gasteiger partial charge in [0.2, 0.25) is 0 Å². The molecule has 0 atom stereocenters. The third kappa shape index (κ3) is 1.50. The topological polar surface area (TPSA) is 72.1 Å². The number of rotatable bonds is 1. The quantitative estimate of drug-likeness (QED) is 0.585. The molecule has 2 heterocycles. The number of hydrogen-bond acceptors (Lipinski definition) is 4. The minimum Gasteiger partial charge on any atom is -0.497 e. The molecule has 2 aromatic heterocycles. The van der Waals surface area contributed by atoms with E-state index in [1.165, 1.54) is 0 Å². The summed E-state index contributed by atoms with van der Waals surface area (Å²) in [6.45, 7) is 1.85. The van der Waals surface area contributed by atoms with Crippen LogP contribution in [-0.4, -0.2) is 22.9 Å². The zero-order chi connectivity index (χ0) is 15.4. The lowest BCUT2D eigenvalue weighted by Crippen LogP contribution is -2.16. The van der Waals surface area contributed by atoms with E-state index in [1.807, 2.05) is 19.1 Å². The molecule has 1 N–H and O–H groups in total. The van der Waals surface area contributed by atoms with Gasteiger partial charge in [-0.3, -0.25) is 14.6 Å². The van der Waals surface area contributed by atoms with Gasteiger partial charge >= 0.3 is 0 Å².